The monoisotopic (exact) mass is 441 g/mol. The second-order valence-electron chi connectivity index (χ2n) is 6.65. The van der Waals surface area contributed by atoms with Gasteiger partial charge in [0.15, 0.2) is 11.0 Å². The highest BCUT2D eigenvalue weighted by atomic mass is 32.2. The Hall–Kier alpha value is -3.11. The van der Waals surface area contributed by atoms with Gasteiger partial charge in [-0.15, -0.1) is 21.5 Å². The number of rotatable bonds is 8. The summed E-state index contributed by atoms with van der Waals surface area (Å²) in [7, 11) is 1.84. The first-order valence-electron chi connectivity index (χ1n) is 9.16. The number of thiophene rings is 1. The zero-order valence-corrected chi connectivity index (χ0v) is 17.7. The average molecular weight is 442 g/mol. The lowest BCUT2D eigenvalue weighted by molar-refractivity contribution is -0.141. The molecule has 4 rings (SSSR count). The summed E-state index contributed by atoms with van der Waals surface area (Å²) in [6.07, 6.45) is 1.98. The van der Waals surface area contributed by atoms with Crippen LogP contribution in [0.4, 0.5) is 0 Å². The molecule has 0 saturated heterocycles. The fourth-order valence-electron chi connectivity index (χ4n) is 3.15. The van der Waals surface area contributed by atoms with Gasteiger partial charge in [0.1, 0.15) is 6.04 Å². The van der Waals surface area contributed by atoms with E-state index in [1.165, 1.54) is 11.8 Å². The van der Waals surface area contributed by atoms with Crippen molar-refractivity contribution in [3.8, 4) is 10.7 Å². The van der Waals surface area contributed by atoms with Crippen molar-refractivity contribution in [2.24, 2.45) is 7.05 Å². The Morgan fingerprint density at radius 1 is 1.27 bits per heavy atom. The van der Waals surface area contributed by atoms with Gasteiger partial charge < -0.3 is 20.0 Å². The Bertz CT molecular complexity index is 1180. The van der Waals surface area contributed by atoms with Crippen LogP contribution in [0.15, 0.2) is 53.1 Å². The summed E-state index contributed by atoms with van der Waals surface area (Å²) in [5.74, 6) is -0.658. The molecule has 0 aliphatic rings. The number of aromatic nitrogens is 4. The Morgan fingerprint density at radius 3 is 2.87 bits per heavy atom. The maximum absolute atomic E-state index is 12.4. The Labute approximate surface area is 180 Å². The molecule has 0 fully saturated rings. The molecule has 4 aromatic rings. The van der Waals surface area contributed by atoms with Gasteiger partial charge in [-0.2, -0.15) is 0 Å². The van der Waals surface area contributed by atoms with Gasteiger partial charge in [-0.3, -0.25) is 4.79 Å². The minimum absolute atomic E-state index is 0.0497. The Kier molecular flexibility index (Phi) is 5.86. The molecule has 8 nitrogen and oxygen atoms in total. The van der Waals surface area contributed by atoms with Crippen LogP contribution in [0.3, 0.4) is 0 Å². The van der Waals surface area contributed by atoms with E-state index in [4.69, 9.17) is 0 Å². The van der Waals surface area contributed by atoms with E-state index in [0.717, 1.165) is 27.2 Å². The third-order valence-corrected chi connectivity index (χ3v) is 6.53. The van der Waals surface area contributed by atoms with Crippen LogP contribution in [-0.2, 0) is 23.1 Å². The van der Waals surface area contributed by atoms with Crippen LogP contribution in [0.1, 0.15) is 5.56 Å². The third kappa shape index (κ3) is 4.24. The SMILES string of the molecule is Cn1c(SCC(=O)NC(Cc2c[nH]c3ccccc23)C(=O)O)nnc1-c1cccs1. The van der Waals surface area contributed by atoms with Crippen LogP contribution in [0.5, 0.6) is 0 Å². The third-order valence-electron chi connectivity index (χ3n) is 4.64. The van der Waals surface area contributed by atoms with Crippen LogP contribution < -0.4 is 5.32 Å². The molecule has 30 heavy (non-hydrogen) atoms. The molecule has 154 valence electrons. The van der Waals surface area contributed by atoms with E-state index < -0.39 is 12.0 Å². The minimum Gasteiger partial charge on any atom is -0.480 e. The maximum atomic E-state index is 12.4. The second-order valence-corrected chi connectivity index (χ2v) is 8.54. The lowest BCUT2D eigenvalue weighted by Gasteiger charge is -2.14. The standard InChI is InChI=1S/C20H19N5O3S2/c1-25-18(16-7-4-8-29-16)23-24-20(25)30-11-17(26)22-15(19(27)28)9-12-10-21-14-6-3-2-5-13(12)14/h2-8,10,15,21H,9,11H2,1H3,(H,22,26)(H,27,28). The van der Waals surface area contributed by atoms with E-state index in [9.17, 15) is 14.7 Å². The topological polar surface area (TPSA) is 113 Å². The van der Waals surface area contributed by atoms with E-state index in [1.807, 2.05) is 53.4 Å². The first-order chi connectivity index (χ1) is 14.5. The molecule has 1 atom stereocenters. The molecule has 0 radical (unpaired) electrons. The molecule has 0 aliphatic heterocycles. The largest absolute Gasteiger partial charge is 0.480 e. The summed E-state index contributed by atoms with van der Waals surface area (Å²) >= 11 is 2.78. The van der Waals surface area contributed by atoms with Gasteiger partial charge in [-0.05, 0) is 23.1 Å². The summed E-state index contributed by atoms with van der Waals surface area (Å²) in [5.41, 5.74) is 1.78. The average Bonchev–Trinajstić information content (AvgIpc) is 3.46. The second kappa shape index (κ2) is 8.72. The normalized spacial score (nSPS) is 12.2. The lowest BCUT2D eigenvalue weighted by Crippen LogP contribution is -2.43. The number of carbonyl (C=O) groups excluding carboxylic acids is 1. The number of aromatic amines is 1. The van der Waals surface area contributed by atoms with Crippen LogP contribution in [0, 0.1) is 0 Å². The van der Waals surface area contributed by atoms with E-state index in [2.05, 4.69) is 20.5 Å². The van der Waals surface area contributed by atoms with Gasteiger partial charge >= 0.3 is 5.97 Å². The number of H-pyrrole nitrogens is 1. The van der Waals surface area contributed by atoms with Crippen LogP contribution >= 0.6 is 23.1 Å². The molecule has 3 aromatic heterocycles. The number of benzene rings is 1. The number of aliphatic carboxylic acids is 1. The smallest absolute Gasteiger partial charge is 0.326 e. The maximum Gasteiger partial charge on any atom is 0.326 e. The molecule has 1 amide bonds. The summed E-state index contributed by atoms with van der Waals surface area (Å²) in [4.78, 5) is 28.2. The molecular weight excluding hydrogens is 422 g/mol. The molecule has 3 heterocycles. The molecule has 10 heteroatoms. The molecule has 1 unspecified atom stereocenters. The Morgan fingerprint density at radius 2 is 2.10 bits per heavy atom. The van der Waals surface area contributed by atoms with Crippen LogP contribution in [-0.4, -0.2) is 48.5 Å². The number of carbonyl (C=O) groups is 2. The number of fused-ring (bicyclic) bond motifs is 1. The summed E-state index contributed by atoms with van der Waals surface area (Å²) < 4.78 is 1.82. The molecule has 0 aliphatic carbocycles. The number of amides is 1. The number of carboxylic acid groups (broad SMARTS) is 1. The molecule has 0 spiro atoms. The van der Waals surface area contributed by atoms with Gasteiger partial charge in [0.25, 0.3) is 0 Å². The number of nitrogens with zero attached hydrogens (tertiary/aromatic N) is 3. The molecule has 1 aromatic carbocycles. The quantitative estimate of drug-likeness (QED) is 0.363. The van der Waals surface area contributed by atoms with Gasteiger partial charge in [0.2, 0.25) is 5.91 Å². The minimum atomic E-state index is -1.07. The van der Waals surface area contributed by atoms with Gasteiger partial charge in [0.05, 0.1) is 10.6 Å². The number of para-hydroxylation sites is 1. The van der Waals surface area contributed by atoms with Crippen molar-refractivity contribution >= 4 is 45.9 Å². The zero-order valence-electron chi connectivity index (χ0n) is 16.0. The van der Waals surface area contributed by atoms with Crippen molar-refractivity contribution in [3.05, 3.63) is 53.5 Å². The highest BCUT2D eigenvalue weighted by molar-refractivity contribution is 7.99. The first-order valence-corrected chi connectivity index (χ1v) is 11.0. The number of nitrogens with one attached hydrogen (secondary N) is 2. The fraction of sp³-hybridized carbons (Fsp3) is 0.200. The Balaban J connectivity index is 1.39. The van der Waals surface area contributed by atoms with E-state index in [0.29, 0.717) is 5.16 Å². The van der Waals surface area contributed by atoms with Gasteiger partial charge in [-0.1, -0.05) is 36.0 Å². The predicted octanol–water partition coefficient (Wildman–Crippen LogP) is 2.93. The number of thioether (sulfide) groups is 1. The van der Waals surface area contributed by atoms with Crippen LogP contribution in [0.25, 0.3) is 21.6 Å². The predicted molar refractivity (Wildman–Crippen MR) is 117 cm³/mol. The van der Waals surface area contributed by atoms with E-state index in [1.54, 1.807) is 17.5 Å². The van der Waals surface area contributed by atoms with Crippen molar-refractivity contribution < 1.29 is 14.7 Å². The van der Waals surface area contributed by atoms with Crippen molar-refractivity contribution in [1.82, 2.24) is 25.1 Å². The molecule has 0 bridgehead atoms. The van der Waals surface area contributed by atoms with Crippen molar-refractivity contribution in [1.29, 1.82) is 0 Å². The number of hydrogen-bond donors (Lipinski definition) is 3. The van der Waals surface area contributed by atoms with Crippen molar-refractivity contribution in [3.63, 3.8) is 0 Å². The molecule has 3 N–H and O–H groups in total. The number of carboxylic acids is 1. The highest BCUT2D eigenvalue weighted by Crippen LogP contribution is 2.26. The van der Waals surface area contributed by atoms with Crippen LogP contribution in [0.2, 0.25) is 0 Å². The first kappa shape index (κ1) is 20.2. The highest BCUT2D eigenvalue weighted by Gasteiger charge is 2.22. The number of hydrogen-bond acceptors (Lipinski definition) is 6. The lowest BCUT2D eigenvalue weighted by atomic mass is 10.1. The van der Waals surface area contributed by atoms with Crippen molar-refractivity contribution in [2.75, 3.05) is 5.75 Å². The van der Waals surface area contributed by atoms with Crippen molar-refractivity contribution in [2.45, 2.75) is 17.6 Å². The molecular formula is C20H19N5O3S2. The summed E-state index contributed by atoms with van der Waals surface area (Å²) in [6.45, 7) is 0. The van der Waals surface area contributed by atoms with E-state index >= 15 is 0 Å². The summed E-state index contributed by atoms with van der Waals surface area (Å²) in [6, 6.07) is 10.5. The zero-order chi connectivity index (χ0) is 21.1. The summed E-state index contributed by atoms with van der Waals surface area (Å²) in [5, 5.41) is 24.0. The van der Waals surface area contributed by atoms with Gasteiger partial charge in [-0.25, -0.2) is 4.79 Å². The fourth-order valence-corrected chi connectivity index (χ4v) is 4.61. The van der Waals surface area contributed by atoms with E-state index in [-0.39, 0.29) is 18.1 Å². The van der Waals surface area contributed by atoms with Gasteiger partial charge in [0, 0.05) is 30.6 Å². The molecule has 0 saturated carbocycles.